The fraction of sp³-hybridized carbons (Fsp3) is 0.500. The van der Waals surface area contributed by atoms with Gasteiger partial charge in [0.25, 0.3) is 5.56 Å². The van der Waals surface area contributed by atoms with Crippen molar-refractivity contribution >= 4 is 17.4 Å². The highest BCUT2D eigenvalue weighted by Crippen LogP contribution is 2.21. The molecule has 1 saturated heterocycles. The Labute approximate surface area is 164 Å². The van der Waals surface area contributed by atoms with Gasteiger partial charge in [-0.2, -0.15) is 0 Å². The summed E-state index contributed by atoms with van der Waals surface area (Å²) < 4.78 is 1.71. The van der Waals surface area contributed by atoms with Crippen LogP contribution in [0.3, 0.4) is 0 Å². The average Bonchev–Trinajstić information content (AvgIpc) is 3.02. The molecule has 1 aromatic carbocycles. The van der Waals surface area contributed by atoms with E-state index in [-0.39, 0.29) is 11.6 Å². The van der Waals surface area contributed by atoms with Crippen molar-refractivity contribution in [2.24, 2.45) is 7.05 Å². The van der Waals surface area contributed by atoms with E-state index in [4.69, 9.17) is 0 Å². The van der Waals surface area contributed by atoms with E-state index < -0.39 is 0 Å². The van der Waals surface area contributed by atoms with Gasteiger partial charge in [0.2, 0.25) is 0 Å². The first-order chi connectivity index (χ1) is 13.5. The van der Waals surface area contributed by atoms with Crippen molar-refractivity contribution in [3.05, 3.63) is 45.9 Å². The number of hydrogen-bond acceptors (Lipinski definition) is 4. The highest BCUT2D eigenvalue weighted by atomic mass is 16.2. The Morgan fingerprint density at radius 3 is 2.50 bits per heavy atom. The van der Waals surface area contributed by atoms with Gasteiger partial charge in [-0.15, -0.1) is 0 Å². The van der Waals surface area contributed by atoms with Crippen molar-refractivity contribution in [2.45, 2.75) is 19.9 Å². The van der Waals surface area contributed by atoms with Crippen molar-refractivity contribution in [3.63, 3.8) is 0 Å². The standard InChI is InChI=1S/C20H28N6O2/c1-3-24-10-12-25(13-11-24)16-6-4-15(5-7-16)21-20(28)26-9-8-17-18(14-26)23(2)22-19(17)27/h4-7H,3,8-14H2,1-2H3,(H,21,28)(H,22,27). The minimum absolute atomic E-state index is 0.0482. The second-order valence-corrected chi connectivity index (χ2v) is 7.50. The summed E-state index contributed by atoms with van der Waals surface area (Å²) >= 11 is 0. The molecule has 0 saturated carbocycles. The van der Waals surface area contributed by atoms with Crippen LogP contribution in [0, 0.1) is 0 Å². The Morgan fingerprint density at radius 1 is 1.11 bits per heavy atom. The number of nitrogens with zero attached hydrogens (tertiary/aromatic N) is 4. The zero-order valence-electron chi connectivity index (χ0n) is 16.6. The number of benzene rings is 1. The quantitative estimate of drug-likeness (QED) is 0.840. The Hall–Kier alpha value is -2.74. The normalized spacial score (nSPS) is 17.5. The number of piperazine rings is 1. The fourth-order valence-electron chi connectivity index (χ4n) is 4.04. The number of rotatable bonds is 3. The third-order valence-electron chi connectivity index (χ3n) is 5.86. The zero-order valence-corrected chi connectivity index (χ0v) is 16.6. The SMILES string of the molecule is CCN1CCN(c2ccc(NC(=O)N3CCc4c(n(C)[nH]c4=O)C3)cc2)CC1. The van der Waals surface area contributed by atoms with Crippen LogP contribution in [0.15, 0.2) is 29.1 Å². The first kappa shape index (κ1) is 18.6. The van der Waals surface area contributed by atoms with E-state index in [1.165, 1.54) is 5.69 Å². The number of urea groups is 1. The van der Waals surface area contributed by atoms with Crippen LogP contribution < -0.4 is 15.8 Å². The number of nitrogens with one attached hydrogen (secondary N) is 2. The van der Waals surface area contributed by atoms with Gasteiger partial charge in [-0.3, -0.25) is 14.6 Å². The molecule has 0 unspecified atom stereocenters. The number of hydrogen-bond donors (Lipinski definition) is 2. The lowest BCUT2D eigenvalue weighted by atomic mass is 10.1. The highest BCUT2D eigenvalue weighted by Gasteiger charge is 2.25. The maximum atomic E-state index is 12.7. The van der Waals surface area contributed by atoms with Crippen molar-refractivity contribution in [3.8, 4) is 0 Å². The summed E-state index contributed by atoms with van der Waals surface area (Å²) in [5.41, 5.74) is 3.60. The third kappa shape index (κ3) is 3.64. The Balaban J connectivity index is 1.36. The van der Waals surface area contributed by atoms with Crippen molar-refractivity contribution in [2.75, 3.05) is 49.5 Å². The molecule has 8 nitrogen and oxygen atoms in total. The van der Waals surface area contributed by atoms with Gasteiger partial charge in [0.15, 0.2) is 0 Å². The van der Waals surface area contributed by atoms with E-state index >= 15 is 0 Å². The topological polar surface area (TPSA) is 76.6 Å². The molecule has 2 amide bonds. The number of amides is 2. The molecule has 3 heterocycles. The molecule has 4 rings (SSSR count). The number of aromatic nitrogens is 2. The van der Waals surface area contributed by atoms with Gasteiger partial charge in [0, 0.05) is 56.7 Å². The van der Waals surface area contributed by atoms with Crippen LogP contribution in [-0.4, -0.2) is 64.9 Å². The third-order valence-corrected chi connectivity index (χ3v) is 5.86. The van der Waals surface area contributed by atoms with Crippen molar-refractivity contribution < 1.29 is 4.79 Å². The molecule has 2 aromatic rings. The Morgan fingerprint density at radius 2 is 1.82 bits per heavy atom. The van der Waals surface area contributed by atoms with Crippen LogP contribution in [-0.2, 0) is 20.0 Å². The van der Waals surface area contributed by atoms with Crippen LogP contribution >= 0.6 is 0 Å². The smallest absolute Gasteiger partial charge is 0.322 e. The van der Waals surface area contributed by atoms with Gasteiger partial charge >= 0.3 is 6.03 Å². The van der Waals surface area contributed by atoms with Gasteiger partial charge < -0.3 is 20.0 Å². The summed E-state index contributed by atoms with van der Waals surface area (Å²) in [5.74, 6) is 0. The zero-order chi connectivity index (χ0) is 19.7. The fourth-order valence-corrected chi connectivity index (χ4v) is 4.04. The molecule has 2 aliphatic heterocycles. The van der Waals surface area contributed by atoms with Gasteiger partial charge in [0.1, 0.15) is 0 Å². The number of likely N-dealkylation sites (N-methyl/N-ethyl adjacent to an activating group) is 1. The lowest BCUT2D eigenvalue weighted by Crippen LogP contribution is -2.46. The van der Waals surface area contributed by atoms with Gasteiger partial charge in [-0.1, -0.05) is 6.92 Å². The van der Waals surface area contributed by atoms with E-state index in [2.05, 4.69) is 39.3 Å². The highest BCUT2D eigenvalue weighted by molar-refractivity contribution is 5.89. The summed E-state index contributed by atoms with van der Waals surface area (Å²) in [5, 5.41) is 5.74. The largest absolute Gasteiger partial charge is 0.369 e. The second-order valence-electron chi connectivity index (χ2n) is 7.50. The molecule has 150 valence electrons. The molecule has 2 N–H and O–H groups in total. The molecule has 28 heavy (non-hydrogen) atoms. The number of aryl methyl sites for hydroxylation is 1. The Bertz CT molecular complexity index is 892. The number of carbonyl (C=O) groups is 1. The first-order valence-electron chi connectivity index (χ1n) is 9.95. The predicted octanol–water partition coefficient (Wildman–Crippen LogP) is 1.45. The van der Waals surface area contributed by atoms with E-state index in [0.717, 1.165) is 49.7 Å². The lowest BCUT2D eigenvalue weighted by molar-refractivity contribution is 0.204. The number of carbonyl (C=O) groups excluding carboxylic acids is 1. The summed E-state index contributed by atoms with van der Waals surface area (Å²) in [4.78, 5) is 31.1. The van der Waals surface area contributed by atoms with Gasteiger partial charge in [0.05, 0.1) is 12.2 Å². The van der Waals surface area contributed by atoms with Gasteiger partial charge in [-0.25, -0.2) is 4.79 Å². The molecule has 0 radical (unpaired) electrons. The van der Waals surface area contributed by atoms with E-state index in [0.29, 0.717) is 19.5 Å². The van der Waals surface area contributed by atoms with Crippen LogP contribution in [0.4, 0.5) is 16.2 Å². The number of aromatic amines is 1. The molecule has 1 fully saturated rings. The maximum absolute atomic E-state index is 12.7. The van der Waals surface area contributed by atoms with Crippen LogP contribution in [0.1, 0.15) is 18.2 Å². The van der Waals surface area contributed by atoms with Crippen LogP contribution in [0.5, 0.6) is 0 Å². The van der Waals surface area contributed by atoms with E-state index in [1.54, 1.807) is 16.6 Å². The molecule has 0 bridgehead atoms. The van der Waals surface area contributed by atoms with Crippen LogP contribution in [0.25, 0.3) is 0 Å². The minimum Gasteiger partial charge on any atom is -0.369 e. The second kappa shape index (κ2) is 7.71. The molecule has 0 aliphatic carbocycles. The summed E-state index contributed by atoms with van der Waals surface area (Å²) in [6.45, 7) is 8.54. The molecule has 2 aliphatic rings. The number of anilines is 2. The molecule has 0 atom stereocenters. The minimum atomic E-state index is -0.136. The van der Waals surface area contributed by atoms with E-state index in [9.17, 15) is 9.59 Å². The number of H-pyrrole nitrogens is 1. The monoisotopic (exact) mass is 384 g/mol. The van der Waals surface area contributed by atoms with Crippen molar-refractivity contribution in [1.29, 1.82) is 0 Å². The van der Waals surface area contributed by atoms with E-state index in [1.807, 2.05) is 12.1 Å². The molecule has 0 spiro atoms. The molecular weight excluding hydrogens is 356 g/mol. The summed E-state index contributed by atoms with van der Waals surface area (Å²) in [6.07, 6.45) is 0.585. The first-order valence-corrected chi connectivity index (χ1v) is 9.95. The summed E-state index contributed by atoms with van der Waals surface area (Å²) in [6, 6.07) is 7.92. The lowest BCUT2D eigenvalue weighted by Gasteiger charge is -2.35. The average molecular weight is 384 g/mol. The predicted molar refractivity (Wildman–Crippen MR) is 110 cm³/mol. The van der Waals surface area contributed by atoms with Crippen LogP contribution in [0.2, 0.25) is 0 Å². The number of fused-ring (bicyclic) bond motifs is 1. The molecule has 1 aromatic heterocycles. The maximum Gasteiger partial charge on any atom is 0.322 e. The molecule has 8 heteroatoms. The molecular formula is C20H28N6O2. The van der Waals surface area contributed by atoms with Gasteiger partial charge in [-0.05, 0) is 37.2 Å². The van der Waals surface area contributed by atoms with Crippen molar-refractivity contribution in [1.82, 2.24) is 19.6 Å². The summed E-state index contributed by atoms with van der Waals surface area (Å²) in [7, 11) is 1.81. The Kier molecular flexibility index (Phi) is 5.13.